The Balaban J connectivity index is 2.07. The Morgan fingerprint density at radius 1 is 1.26 bits per heavy atom. The van der Waals surface area contributed by atoms with Crippen LogP contribution in [-0.2, 0) is 0 Å². The lowest BCUT2D eigenvalue weighted by molar-refractivity contribution is 0.0787. The molecule has 4 nitrogen and oxygen atoms in total. The summed E-state index contributed by atoms with van der Waals surface area (Å²) in [6.07, 6.45) is 3.64. The lowest BCUT2D eigenvalue weighted by atomic mass is 10.2. The maximum Gasteiger partial charge on any atom is 0.272 e. The number of benzene rings is 1. The van der Waals surface area contributed by atoms with Crippen LogP contribution in [0.3, 0.4) is 0 Å². The van der Waals surface area contributed by atoms with Crippen molar-refractivity contribution in [3.8, 4) is 0 Å². The highest BCUT2D eigenvalue weighted by atomic mass is 35.5. The van der Waals surface area contributed by atoms with Gasteiger partial charge in [0.05, 0.1) is 27.6 Å². The Kier molecular flexibility index (Phi) is 6.25. The van der Waals surface area contributed by atoms with Crippen molar-refractivity contribution >= 4 is 40.5 Å². The number of carbonyl (C=O) groups is 1. The van der Waals surface area contributed by atoms with Crippen LogP contribution >= 0.6 is 23.2 Å². The molecule has 0 saturated carbocycles. The van der Waals surface area contributed by atoms with E-state index in [1.165, 1.54) is 0 Å². The number of anilines is 2. The Morgan fingerprint density at radius 2 is 2.04 bits per heavy atom. The van der Waals surface area contributed by atoms with E-state index in [1.807, 2.05) is 12.1 Å². The Hall–Kier alpha value is -1.78. The third-order valence-electron chi connectivity index (χ3n) is 3.41. The molecule has 0 aliphatic carbocycles. The molecule has 122 valence electrons. The molecule has 0 fully saturated rings. The van der Waals surface area contributed by atoms with Gasteiger partial charge in [-0.2, -0.15) is 0 Å². The number of hydrogen-bond donors (Lipinski definition) is 1. The topological polar surface area (TPSA) is 45.2 Å². The molecule has 6 heteroatoms. The number of aromatic nitrogens is 1. The number of hydrogen-bond acceptors (Lipinski definition) is 3. The molecule has 0 atom stereocenters. The van der Waals surface area contributed by atoms with Gasteiger partial charge in [0, 0.05) is 13.6 Å². The summed E-state index contributed by atoms with van der Waals surface area (Å²) in [4.78, 5) is 18.1. The quantitative estimate of drug-likeness (QED) is 0.795. The van der Waals surface area contributed by atoms with Crippen LogP contribution in [0, 0.1) is 0 Å². The summed E-state index contributed by atoms with van der Waals surface area (Å²) in [5.41, 5.74) is 1.85. The van der Waals surface area contributed by atoms with Crippen molar-refractivity contribution in [2.45, 2.75) is 19.8 Å². The SMILES string of the molecule is CCCCN(C)C(=O)c1ccc(Nc2cccc(Cl)c2Cl)cn1. The monoisotopic (exact) mass is 351 g/mol. The number of amides is 1. The van der Waals surface area contributed by atoms with Gasteiger partial charge in [0.15, 0.2) is 0 Å². The molecule has 1 aromatic carbocycles. The first kappa shape index (κ1) is 17.6. The molecule has 1 amide bonds. The first-order chi connectivity index (χ1) is 11.0. The smallest absolute Gasteiger partial charge is 0.272 e. The lowest BCUT2D eigenvalue weighted by Gasteiger charge is -2.16. The number of unbranched alkanes of at least 4 members (excludes halogenated alkanes) is 1. The molecule has 2 aromatic rings. The minimum Gasteiger partial charge on any atom is -0.353 e. The van der Waals surface area contributed by atoms with Gasteiger partial charge in [0.25, 0.3) is 5.91 Å². The number of nitrogens with zero attached hydrogens (tertiary/aromatic N) is 2. The van der Waals surface area contributed by atoms with Crippen LogP contribution < -0.4 is 5.32 Å². The summed E-state index contributed by atoms with van der Waals surface area (Å²) < 4.78 is 0. The van der Waals surface area contributed by atoms with Crippen LogP contribution in [-0.4, -0.2) is 29.4 Å². The van der Waals surface area contributed by atoms with E-state index in [1.54, 1.807) is 36.3 Å². The second-order valence-electron chi connectivity index (χ2n) is 5.24. The normalized spacial score (nSPS) is 10.4. The van der Waals surface area contributed by atoms with Crippen LogP contribution in [0.2, 0.25) is 10.0 Å². The summed E-state index contributed by atoms with van der Waals surface area (Å²) in [6.45, 7) is 2.83. The van der Waals surface area contributed by atoms with E-state index >= 15 is 0 Å². The number of pyridine rings is 1. The van der Waals surface area contributed by atoms with Crippen molar-refractivity contribution in [3.05, 3.63) is 52.3 Å². The molecule has 0 spiro atoms. The van der Waals surface area contributed by atoms with Crippen molar-refractivity contribution in [1.82, 2.24) is 9.88 Å². The minimum atomic E-state index is -0.0780. The summed E-state index contributed by atoms with van der Waals surface area (Å²) in [5.74, 6) is -0.0780. The average Bonchev–Trinajstić information content (AvgIpc) is 2.57. The fourth-order valence-electron chi connectivity index (χ4n) is 2.04. The van der Waals surface area contributed by atoms with Crippen LogP contribution in [0.25, 0.3) is 0 Å². The molecule has 2 rings (SSSR count). The van der Waals surface area contributed by atoms with Crippen molar-refractivity contribution < 1.29 is 4.79 Å². The summed E-state index contributed by atoms with van der Waals surface area (Å²) >= 11 is 12.1. The standard InChI is InChI=1S/C17H19Cl2N3O/c1-3-4-10-22(2)17(23)15-9-8-12(11-20-15)21-14-7-5-6-13(18)16(14)19/h5-9,11,21H,3-4,10H2,1-2H3. The fraction of sp³-hybridized carbons (Fsp3) is 0.294. The van der Waals surface area contributed by atoms with Crippen LogP contribution in [0.15, 0.2) is 36.5 Å². The van der Waals surface area contributed by atoms with Gasteiger partial charge in [-0.3, -0.25) is 4.79 Å². The van der Waals surface area contributed by atoms with E-state index in [0.29, 0.717) is 21.4 Å². The van der Waals surface area contributed by atoms with Crippen LogP contribution in [0.4, 0.5) is 11.4 Å². The van der Waals surface area contributed by atoms with Crippen molar-refractivity contribution in [2.75, 3.05) is 18.9 Å². The molecule has 1 N–H and O–H groups in total. The highest BCUT2D eigenvalue weighted by molar-refractivity contribution is 6.43. The molecule has 0 unspecified atom stereocenters. The average molecular weight is 352 g/mol. The first-order valence-corrected chi connectivity index (χ1v) is 8.21. The number of rotatable bonds is 6. The van der Waals surface area contributed by atoms with E-state index in [2.05, 4.69) is 17.2 Å². The Bertz CT molecular complexity index is 674. The van der Waals surface area contributed by atoms with Gasteiger partial charge in [0.1, 0.15) is 5.69 Å². The molecule has 0 bridgehead atoms. The molecular formula is C17H19Cl2N3O. The molecule has 0 saturated heterocycles. The Morgan fingerprint density at radius 3 is 2.70 bits per heavy atom. The van der Waals surface area contributed by atoms with Gasteiger partial charge in [-0.15, -0.1) is 0 Å². The first-order valence-electron chi connectivity index (χ1n) is 7.45. The third-order valence-corrected chi connectivity index (χ3v) is 4.23. The molecule has 0 aliphatic rings. The summed E-state index contributed by atoms with van der Waals surface area (Å²) in [7, 11) is 1.79. The molecule has 23 heavy (non-hydrogen) atoms. The predicted molar refractivity (Wildman–Crippen MR) is 95.9 cm³/mol. The summed E-state index contributed by atoms with van der Waals surface area (Å²) in [5, 5.41) is 4.07. The zero-order valence-corrected chi connectivity index (χ0v) is 14.7. The maximum atomic E-state index is 12.2. The lowest BCUT2D eigenvalue weighted by Crippen LogP contribution is -2.28. The minimum absolute atomic E-state index is 0.0780. The van der Waals surface area contributed by atoms with Gasteiger partial charge in [-0.25, -0.2) is 4.98 Å². The second-order valence-corrected chi connectivity index (χ2v) is 6.02. The second kappa shape index (κ2) is 8.18. The number of halogens is 2. The number of nitrogens with one attached hydrogen (secondary N) is 1. The van der Waals surface area contributed by atoms with Crippen LogP contribution in [0.5, 0.6) is 0 Å². The molecule has 1 aromatic heterocycles. The van der Waals surface area contributed by atoms with Crippen molar-refractivity contribution in [2.24, 2.45) is 0 Å². The van der Waals surface area contributed by atoms with Crippen LogP contribution in [0.1, 0.15) is 30.3 Å². The van der Waals surface area contributed by atoms with Gasteiger partial charge in [0.2, 0.25) is 0 Å². The van der Waals surface area contributed by atoms with E-state index < -0.39 is 0 Å². The number of carbonyl (C=O) groups excluding carboxylic acids is 1. The molecule has 0 aliphatic heterocycles. The van der Waals surface area contributed by atoms with Gasteiger partial charge >= 0.3 is 0 Å². The van der Waals surface area contributed by atoms with E-state index in [-0.39, 0.29) is 5.91 Å². The van der Waals surface area contributed by atoms with E-state index in [4.69, 9.17) is 23.2 Å². The largest absolute Gasteiger partial charge is 0.353 e. The predicted octanol–water partition coefficient (Wildman–Crippen LogP) is 5.00. The van der Waals surface area contributed by atoms with Gasteiger partial charge in [-0.1, -0.05) is 42.6 Å². The highest BCUT2D eigenvalue weighted by Gasteiger charge is 2.12. The fourth-order valence-corrected chi connectivity index (χ4v) is 2.39. The third kappa shape index (κ3) is 4.60. The zero-order valence-electron chi connectivity index (χ0n) is 13.1. The van der Waals surface area contributed by atoms with Crippen molar-refractivity contribution in [1.29, 1.82) is 0 Å². The van der Waals surface area contributed by atoms with E-state index in [9.17, 15) is 4.79 Å². The van der Waals surface area contributed by atoms with E-state index in [0.717, 1.165) is 25.1 Å². The summed E-state index contributed by atoms with van der Waals surface area (Å²) in [6, 6.07) is 8.86. The Labute approximate surface area is 146 Å². The zero-order chi connectivity index (χ0) is 16.8. The molecule has 1 heterocycles. The highest BCUT2D eigenvalue weighted by Crippen LogP contribution is 2.31. The molecule has 0 radical (unpaired) electrons. The van der Waals surface area contributed by atoms with Crippen molar-refractivity contribution in [3.63, 3.8) is 0 Å². The van der Waals surface area contributed by atoms with Gasteiger partial charge < -0.3 is 10.2 Å². The molecular weight excluding hydrogens is 333 g/mol. The van der Waals surface area contributed by atoms with Gasteiger partial charge in [-0.05, 0) is 30.7 Å². The maximum absolute atomic E-state index is 12.2.